The molecule has 1 aromatic heterocycles. The SMILES string of the molecule is CCOC(=O)CSc1nnc(COc2ccc(Cl)cc2C)n1C. The van der Waals surface area contributed by atoms with Crippen LogP contribution in [0.25, 0.3) is 0 Å². The van der Waals surface area contributed by atoms with Gasteiger partial charge < -0.3 is 14.0 Å². The minimum Gasteiger partial charge on any atom is -0.485 e. The molecule has 8 heteroatoms. The first kappa shape index (κ1) is 17.6. The van der Waals surface area contributed by atoms with E-state index < -0.39 is 0 Å². The molecule has 2 aromatic rings. The molecule has 0 saturated heterocycles. The molecule has 0 bridgehead atoms. The van der Waals surface area contributed by atoms with Crippen LogP contribution in [0.3, 0.4) is 0 Å². The molecule has 0 unspecified atom stereocenters. The van der Waals surface area contributed by atoms with Crippen molar-refractivity contribution >= 4 is 29.3 Å². The Morgan fingerprint density at radius 3 is 2.87 bits per heavy atom. The normalized spacial score (nSPS) is 10.6. The summed E-state index contributed by atoms with van der Waals surface area (Å²) in [5.41, 5.74) is 0.955. The molecule has 0 aliphatic carbocycles. The summed E-state index contributed by atoms with van der Waals surface area (Å²) in [4.78, 5) is 11.4. The predicted octanol–water partition coefficient (Wildman–Crippen LogP) is 3.01. The highest BCUT2D eigenvalue weighted by Crippen LogP contribution is 2.23. The quantitative estimate of drug-likeness (QED) is 0.562. The molecule has 124 valence electrons. The van der Waals surface area contributed by atoms with Crippen molar-refractivity contribution in [2.45, 2.75) is 25.6 Å². The summed E-state index contributed by atoms with van der Waals surface area (Å²) in [5, 5.41) is 9.47. The fourth-order valence-corrected chi connectivity index (χ4v) is 2.79. The molecule has 23 heavy (non-hydrogen) atoms. The van der Waals surface area contributed by atoms with Gasteiger partial charge in [0, 0.05) is 12.1 Å². The van der Waals surface area contributed by atoms with Crippen molar-refractivity contribution in [1.82, 2.24) is 14.8 Å². The Bertz CT molecular complexity index is 691. The maximum Gasteiger partial charge on any atom is 0.316 e. The number of ether oxygens (including phenoxy) is 2. The van der Waals surface area contributed by atoms with Gasteiger partial charge in [0.15, 0.2) is 11.0 Å². The van der Waals surface area contributed by atoms with E-state index in [9.17, 15) is 4.79 Å². The first-order chi connectivity index (χ1) is 11.0. The molecule has 0 fully saturated rings. The van der Waals surface area contributed by atoms with Gasteiger partial charge in [0.05, 0.1) is 12.4 Å². The van der Waals surface area contributed by atoms with Gasteiger partial charge in [-0.15, -0.1) is 10.2 Å². The van der Waals surface area contributed by atoms with Gasteiger partial charge in [-0.3, -0.25) is 4.79 Å². The Labute approximate surface area is 144 Å². The number of halogens is 1. The zero-order valence-corrected chi connectivity index (χ0v) is 14.8. The molecular weight excluding hydrogens is 338 g/mol. The van der Waals surface area contributed by atoms with Gasteiger partial charge >= 0.3 is 5.97 Å². The summed E-state index contributed by atoms with van der Waals surface area (Å²) >= 11 is 7.21. The minimum absolute atomic E-state index is 0.205. The Kier molecular flexibility index (Phi) is 6.29. The van der Waals surface area contributed by atoms with Crippen molar-refractivity contribution in [3.63, 3.8) is 0 Å². The molecule has 0 radical (unpaired) electrons. The van der Waals surface area contributed by atoms with E-state index in [0.29, 0.717) is 22.6 Å². The summed E-state index contributed by atoms with van der Waals surface area (Å²) in [6.07, 6.45) is 0. The van der Waals surface area contributed by atoms with Crippen LogP contribution in [0.5, 0.6) is 5.75 Å². The second-order valence-corrected chi connectivity index (χ2v) is 6.13. The first-order valence-electron chi connectivity index (χ1n) is 7.07. The van der Waals surface area contributed by atoms with Crippen LogP contribution in [-0.4, -0.2) is 33.1 Å². The van der Waals surface area contributed by atoms with E-state index in [0.717, 1.165) is 11.3 Å². The van der Waals surface area contributed by atoms with Crippen LogP contribution in [0.15, 0.2) is 23.4 Å². The standard InChI is InChI=1S/C15H18ClN3O3S/c1-4-21-14(20)9-23-15-18-17-13(19(15)3)8-22-12-6-5-11(16)7-10(12)2/h5-7H,4,8-9H2,1-3H3. The second-order valence-electron chi connectivity index (χ2n) is 4.75. The van der Waals surface area contributed by atoms with Gasteiger partial charge in [0.1, 0.15) is 12.4 Å². The number of carbonyl (C=O) groups excluding carboxylic acids is 1. The number of carbonyl (C=O) groups is 1. The fourth-order valence-electron chi connectivity index (χ4n) is 1.84. The number of aromatic nitrogens is 3. The third-order valence-electron chi connectivity index (χ3n) is 3.04. The Balaban J connectivity index is 1.95. The number of nitrogens with zero attached hydrogens (tertiary/aromatic N) is 3. The smallest absolute Gasteiger partial charge is 0.316 e. The van der Waals surface area contributed by atoms with Crippen LogP contribution >= 0.6 is 23.4 Å². The predicted molar refractivity (Wildman–Crippen MR) is 88.9 cm³/mol. The molecule has 0 amide bonds. The molecule has 1 aromatic carbocycles. The number of thioether (sulfide) groups is 1. The highest BCUT2D eigenvalue weighted by atomic mass is 35.5. The number of esters is 1. The number of rotatable bonds is 7. The topological polar surface area (TPSA) is 66.2 Å². The number of hydrogen-bond acceptors (Lipinski definition) is 6. The van der Waals surface area contributed by atoms with Crippen LogP contribution in [-0.2, 0) is 23.2 Å². The summed E-state index contributed by atoms with van der Waals surface area (Å²) in [6, 6.07) is 5.44. The van der Waals surface area contributed by atoms with Gasteiger partial charge in [-0.25, -0.2) is 0 Å². The van der Waals surface area contributed by atoms with Crippen molar-refractivity contribution < 1.29 is 14.3 Å². The van der Waals surface area contributed by atoms with E-state index in [1.54, 1.807) is 17.6 Å². The van der Waals surface area contributed by atoms with E-state index in [2.05, 4.69) is 10.2 Å². The lowest BCUT2D eigenvalue weighted by molar-refractivity contribution is -0.139. The van der Waals surface area contributed by atoms with E-state index in [-0.39, 0.29) is 18.3 Å². The van der Waals surface area contributed by atoms with Crippen LogP contribution in [0.2, 0.25) is 5.02 Å². The fraction of sp³-hybridized carbons (Fsp3) is 0.400. The summed E-state index contributed by atoms with van der Waals surface area (Å²) in [7, 11) is 1.83. The van der Waals surface area contributed by atoms with Crippen LogP contribution in [0.1, 0.15) is 18.3 Å². The third-order valence-corrected chi connectivity index (χ3v) is 4.27. The highest BCUT2D eigenvalue weighted by molar-refractivity contribution is 7.99. The van der Waals surface area contributed by atoms with E-state index >= 15 is 0 Å². The van der Waals surface area contributed by atoms with Crippen molar-refractivity contribution in [2.75, 3.05) is 12.4 Å². The molecule has 0 N–H and O–H groups in total. The number of benzene rings is 1. The van der Waals surface area contributed by atoms with E-state index in [1.807, 2.05) is 26.1 Å². The lowest BCUT2D eigenvalue weighted by Crippen LogP contribution is -2.08. The van der Waals surface area contributed by atoms with Gasteiger partial charge in [0.2, 0.25) is 0 Å². The van der Waals surface area contributed by atoms with Crippen molar-refractivity contribution in [2.24, 2.45) is 7.05 Å². The van der Waals surface area contributed by atoms with E-state index in [1.165, 1.54) is 11.8 Å². The van der Waals surface area contributed by atoms with Gasteiger partial charge in [0.25, 0.3) is 0 Å². The largest absolute Gasteiger partial charge is 0.485 e. The number of hydrogen-bond donors (Lipinski definition) is 0. The minimum atomic E-state index is -0.268. The molecule has 1 heterocycles. The molecular formula is C15H18ClN3O3S. The van der Waals surface area contributed by atoms with Gasteiger partial charge in [-0.2, -0.15) is 0 Å². The van der Waals surface area contributed by atoms with Crippen LogP contribution < -0.4 is 4.74 Å². The summed E-state index contributed by atoms with van der Waals surface area (Å²) < 4.78 is 12.4. The monoisotopic (exact) mass is 355 g/mol. The average Bonchev–Trinajstić information content (AvgIpc) is 2.85. The zero-order valence-electron chi connectivity index (χ0n) is 13.2. The zero-order chi connectivity index (χ0) is 16.8. The molecule has 0 spiro atoms. The van der Waals surface area contributed by atoms with Crippen molar-refractivity contribution in [3.05, 3.63) is 34.6 Å². The molecule has 0 aliphatic rings. The lowest BCUT2D eigenvalue weighted by atomic mass is 10.2. The highest BCUT2D eigenvalue weighted by Gasteiger charge is 2.12. The van der Waals surface area contributed by atoms with Crippen molar-refractivity contribution in [1.29, 1.82) is 0 Å². The maximum absolute atomic E-state index is 11.4. The number of aryl methyl sites for hydroxylation is 1. The van der Waals surface area contributed by atoms with Crippen molar-refractivity contribution in [3.8, 4) is 5.75 Å². The van der Waals surface area contributed by atoms with Gasteiger partial charge in [-0.05, 0) is 37.6 Å². The Morgan fingerprint density at radius 1 is 1.39 bits per heavy atom. The summed E-state index contributed by atoms with van der Waals surface area (Å²) in [6.45, 7) is 4.36. The molecule has 0 aliphatic heterocycles. The van der Waals surface area contributed by atoms with Gasteiger partial charge in [-0.1, -0.05) is 23.4 Å². The summed E-state index contributed by atoms with van der Waals surface area (Å²) in [5.74, 6) is 1.36. The maximum atomic E-state index is 11.4. The Morgan fingerprint density at radius 2 is 2.17 bits per heavy atom. The van der Waals surface area contributed by atoms with E-state index in [4.69, 9.17) is 21.1 Å². The molecule has 0 atom stereocenters. The van der Waals surface area contributed by atoms with Crippen LogP contribution in [0.4, 0.5) is 0 Å². The molecule has 6 nitrogen and oxygen atoms in total. The van der Waals surface area contributed by atoms with Crippen LogP contribution in [0, 0.1) is 6.92 Å². The molecule has 2 rings (SSSR count). The Hall–Kier alpha value is -1.73. The average molecular weight is 356 g/mol. The second kappa shape index (κ2) is 8.21. The lowest BCUT2D eigenvalue weighted by Gasteiger charge is -2.09. The molecule has 0 saturated carbocycles. The third kappa shape index (κ3) is 4.87. The first-order valence-corrected chi connectivity index (χ1v) is 8.43.